The number of aromatic nitrogens is 3. The van der Waals surface area contributed by atoms with Crippen molar-refractivity contribution in [3.63, 3.8) is 0 Å². The number of amides is 1. The molecule has 0 unspecified atom stereocenters. The van der Waals surface area contributed by atoms with Gasteiger partial charge in [0.1, 0.15) is 29.2 Å². The van der Waals surface area contributed by atoms with Crippen molar-refractivity contribution < 1.29 is 4.79 Å². The minimum absolute atomic E-state index is 0.191. The number of nitrogens with zero attached hydrogens (tertiary/aromatic N) is 3. The first-order valence-electron chi connectivity index (χ1n) is 9.86. The molecule has 1 aliphatic heterocycles. The molecule has 7 nitrogen and oxygen atoms in total. The molecule has 1 saturated carbocycles. The summed E-state index contributed by atoms with van der Waals surface area (Å²) in [5, 5.41) is 7.69. The quantitative estimate of drug-likeness (QED) is 0.607. The molecule has 2 aromatic heterocycles. The zero-order valence-electron chi connectivity index (χ0n) is 16.3. The van der Waals surface area contributed by atoms with Crippen molar-refractivity contribution >= 4 is 51.5 Å². The van der Waals surface area contributed by atoms with Gasteiger partial charge >= 0.3 is 0 Å². The number of hydrogen-bond acceptors (Lipinski definition) is 5. The van der Waals surface area contributed by atoms with Gasteiger partial charge in [0.15, 0.2) is 0 Å². The lowest BCUT2D eigenvalue weighted by molar-refractivity contribution is 0.0876. The van der Waals surface area contributed by atoms with Crippen LogP contribution in [0.4, 0.5) is 11.5 Å². The molecule has 1 fully saturated rings. The summed E-state index contributed by atoms with van der Waals surface area (Å²) in [7, 11) is 0. The van der Waals surface area contributed by atoms with E-state index >= 15 is 0 Å². The lowest BCUT2D eigenvalue weighted by Crippen LogP contribution is -2.48. The molecule has 0 saturated heterocycles. The minimum Gasteiger partial charge on any atom is -0.335 e. The highest BCUT2D eigenvalue weighted by molar-refractivity contribution is 6.38. The molecule has 30 heavy (non-hydrogen) atoms. The lowest BCUT2D eigenvalue weighted by atomic mass is 9.89. The molecule has 0 radical (unpaired) electrons. The third kappa shape index (κ3) is 2.87. The predicted octanol–water partition coefficient (Wildman–Crippen LogP) is 4.51. The number of benzene rings is 1. The van der Waals surface area contributed by atoms with E-state index in [1.807, 2.05) is 6.92 Å². The molecule has 0 atom stereocenters. The molecule has 154 valence electrons. The Hall–Kier alpha value is -2.64. The Bertz CT molecular complexity index is 1260. The second kappa shape index (κ2) is 6.96. The van der Waals surface area contributed by atoms with Crippen molar-refractivity contribution in [2.45, 2.75) is 44.7 Å². The topological polar surface area (TPSA) is 88.9 Å². The van der Waals surface area contributed by atoms with Gasteiger partial charge in [0.2, 0.25) is 0 Å². The molecular weight excluding hydrogens is 425 g/mol. The molecule has 3 heterocycles. The number of fused-ring (bicyclic) bond motifs is 3. The second-order valence-corrected chi connectivity index (χ2v) is 8.75. The van der Waals surface area contributed by atoms with Crippen LogP contribution in [0.2, 0.25) is 10.0 Å². The maximum atomic E-state index is 13.5. The largest absolute Gasteiger partial charge is 0.335 e. The number of rotatable bonds is 2. The highest BCUT2D eigenvalue weighted by atomic mass is 35.5. The zero-order valence-corrected chi connectivity index (χ0v) is 17.8. The SMILES string of the molecule is Cc1cc(Nc2ncnc3c(Cl)cc(Cl)cc23)c(=O)n2c1C(=O)NC21CCCCC1. The molecule has 3 aromatic rings. The van der Waals surface area contributed by atoms with Gasteiger partial charge in [-0.15, -0.1) is 0 Å². The minimum atomic E-state index is -0.648. The molecule has 2 aliphatic rings. The average Bonchev–Trinajstić information content (AvgIpc) is 2.99. The Balaban J connectivity index is 1.67. The predicted molar refractivity (Wildman–Crippen MR) is 117 cm³/mol. The monoisotopic (exact) mass is 443 g/mol. The van der Waals surface area contributed by atoms with E-state index in [0.29, 0.717) is 38.1 Å². The first-order valence-corrected chi connectivity index (χ1v) is 10.6. The maximum Gasteiger partial charge on any atom is 0.276 e. The molecule has 1 aliphatic carbocycles. The zero-order chi connectivity index (χ0) is 21.0. The van der Waals surface area contributed by atoms with Crippen LogP contribution in [0.1, 0.15) is 48.2 Å². The van der Waals surface area contributed by atoms with Crippen molar-refractivity contribution in [1.82, 2.24) is 19.9 Å². The van der Waals surface area contributed by atoms with Crippen LogP contribution in [0.3, 0.4) is 0 Å². The smallest absolute Gasteiger partial charge is 0.276 e. The van der Waals surface area contributed by atoms with E-state index in [4.69, 9.17) is 23.2 Å². The Morgan fingerprint density at radius 1 is 1.10 bits per heavy atom. The van der Waals surface area contributed by atoms with E-state index < -0.39 is 5.66 Å². The molecule has 1 amide bonds. The number of nitrogens with one attached hydrogen (secondary N) is 2. The van der Waals surface area contributed by atoms with Crippen LogP contribution >= 0.6 is 23.2 Å². The van der Waals surface area contributed by atoms with Gasteiger partial charge in [0.25, 0.3) is 11.5 Å². The van der Waals surface area contributed by atoms with Crippen molar-refractivity contribution in [2.75, 3.05) is 5.32 Å². The standard InChI is InChI=1S/C21H19Cl2N5O2/c1-11-7-15(26-18-13-8-12(22)9-14(23)16(13)24-10-25-18)20(30)28-17(11)19(29)27-21(28)5-3-2-4-6-21/h7-10H,2-6H2,1H3,(H,27,29)(H,24,25,26). The van der Waals surface area contributed by atoms with Crippen molar-refractivity contribution in [1.29, 1.82) is 0 Å². The number of halogens is 2. The average molecular weight is 444 g/mol. The van der Waals surface area contributed by atoms with Crippen LogP contribution in [0, 0.1) is 6.92 Å². The molecule has 2 N–H and O–H groups in total. The van der Waals surface area contributed by atoms with Gasteiger partial charge < -0.3 is 10.6 Å². The Kier molecular flexibility index (Phi) is 4.48. The Morgan fingerprint density at radius 3 is 2.63 bits per heavy atom. The Labute approximate surface area is 182 Å². The number of pyridine rings is 1. The molecule has 0 bridgehead atoms. The summed E-state index contributed by atoms with van der Waals surface area (Å²) in [6.07, 6.45) is 5.92. The van der Waals surface area contributed by atoms with Crippen LogP contribution in [0.5, 0.6) is 0 Å². The van der Waals surface area contributed by atoms with Crippen molar-refractivity contribution in [3.8, 4) is 0 Å². The van der Waals surface area contributed by atoms with Gasteiger partial charge in [-0.1, -0.05) is 29.6 Å². The van der Waals surface area contributed by atoms with Gasteiger partial charge in [0.05, 0.1) is 10.5 Å². The first-order chi connectivity index (χ1) is 14.4. The van der Waals surface area contributed by atoms with Gasteiger partial charge in [-0.25, -0.2) is 9.97 Å². The van der Waals surface area contributed by atoms with Crippen molar-refractivity contribution in [2.24, 2.45) is 0 Å². The highest BCUT2D eigenvalue weighted by Crippen LogP contribution is 2.38. The summed E-state index contributed by atoms with van der Waals surface area (Å²) in [4.78, 5) is 34.7. The lowest BCUT2D eigenvalue weighted by Gasteiger charge is -2.35. The molecule has 9 heteroatoms. The van der Waals surface area contributed by atoms with Gasteiger partial charge in [-0.3, -0.25) is 14.2 Å². The third-order valence-electron chi connectivity index (χ3n) is 5.97. The fourth-order valence-corrected chi connectivity index (χ4v) is 5.20. The van der Waals surface area contributed by atoms with E-state index in [-0.39, 0.29) is 11.5 Å². The van der Waals surface area contributed by atoms with Crippen molar-refractivity contribution in [3.05, 3.63) is 56.2 Å². The van der Waals surface area contributed by atoms with E-state index in [0.717, 1.165) is 37.7 Å². The third-order valence-corrected chi connectivity index (χ3v) is 6.48. The first kappa shape index (κ1) is 19.3. The summed E-state index contributed by atoms with van der Waals surface area (Å²) >= 11 is 12.4. The van der Waals surface area contributed by atoms with E-state index in [1.54, 1.807) is 22.8 Å². The van der Waals surface area contributed by atoms with Crippen LogP contribution in [0.15, 0.2) is 29.3 Å². The molecule has 1 spiro atoms. The van der Waals surface area contributed by atoms with Crippen LogP contribution < -0.4 is 16.2 Å². The van der Waals surface area contributed by atoms with Crippen LogP contribution in [0.25, 0.3) is 10.9 Å². The van der Waals surface area contributed by atoms with Crippen LogP contribution in [-0.4, -0.2) is 20.4 Å². The molecule has 1 aromatic carbocycles. The maximum absolute atomic E-state index is 13.5. The fourth-order valence-electron chi connectivity index (χ4n) is 4.65. The number of carbonyl (C=O) groups is 1. The number of aryl methyl sites for hydroxylation is 1. The summed E-state index contributed by atoms with van der Waals surface area (Å²) in [5.41, 5.74) is 1.14. The van der Waals surface area contributed by atoms with Crippen LogP contribution in [-0.2, 0) is 5.66 Å². The highest BCUT2D eigenvalue weighted by Gasteiger charge is 2.45. The van der Waals surface area contributed by atoms with E-state index in [2.05, 4.69) is 20.6 Å². The van der Waals surface area contributed by atoms with Gasteiger partial charge in [-0.2, -0.15) is 0 Å². The summed E-state index contributed by atoms with van der Waals surface area (Å²) < 4.78 is 1.65. The van der Waals surface area contributed by atoms with Gasteiger partial charge in [0, 0.05) is 10.4 Å². The summed E-state index contributed by atoms with van der Waals surface area (Å²) in [6, 6.07) is 5.01. The molecular formula is C21H19Cl2N5O2. The number of hydrogen-bond donors (Lipinski definition) is 2. The summed E-state index contributed by atoms with van der Waals surface area (Å²) in [6.45, 7) is 1.84. The normalized spacial score (nSPS) is 17.2. The molecule has 5 rings (SSSR count). The number of anilines is 2. The van der Waals surface area contributed by atoms with E-state index in [9.17, 15) is 9.59 Å². The second-order valence-electron chi connectivity index (χ2n) is 7.91. The van der Waals surface area contributed by atoms with Gasteiger partial charge in [-0.05, 0) is 56.4 Å². The number of carbonyl (C=O) groups excluding carboxylic acids is 1. The Morgan fingerprint density at radius 2 is 1.87 bits per heavy atom. The van der Waals surface area contributed by atoms with E-state index in [1.165, 1.54) is 6.33 Å². The fraction of sp³-hybridized carbons (Fsp3) is 0.333. The summed E-state index contributed by atoms with van der Waals surface area (Å²) in [5.74, 6) is 0.237.